The largest absolute Gasteiger partial charge is 0.342 e. The van der Waals surface area contributed by atoms with Crippen LogP contribution in [0.3, 0.4) is 0 Å². The topological polar surface area (TPSA) is 80.5 Å². The fourth-order valence-corrected chi connectivity index (χ4v) is 4.15. The van der Waals surface area contributed by atoms with E-state index in [4.69, 9.17) is 16.7 Å². The molecule has 1 aliphatic heterocycles. The Morgan fingerprint density at radius 1 is 1.38 bits per heavy atom. The predicted molar refractivity (Wildman–Crippen MR) is 84.8 cm³/mol. The van der Waals surface area contributed by atoms with Crippen LogP contribution in [-0.4, -0.2) is 43.8 Å². The molecule has 1 fully saturated rings. The molecule has 21 heavy (non-hydrogen) atoms. The lowest BCUT2D eigenvalue weighted by atomic mass is 10.2. The van der Waals surface area contributed by atoms with E-state index >= 15 is 0 Å². The Morgan fingerprint density at radius 3 is 2.67 bits per heavy atom. The Labute approximate surface area is 133 Å². The van der Waals surface area contributed by atoms with Gasteiger partial charge in [0.1, 0.15) is 0 Å². The van der Waals surface area contributed by atoms with E-state index in [9.17, 15) is 13.2 Å². The third-order valence-corrected chi connectivity index (χ3v) is 5.47. The van der Waals surface area contributed by atoms with Gasteiger partial charge in [-0.1, -0.05) is 11.6 Å². The molecule has 1 aromatic carbocycles. The Balaban J connectivity index is 1.80. The molecule has 8 heteroatoms. The van der Waals surface area contributed by atoms with E-state index in [0.717, 1.165) is 4.90 Å². The molecule has 0 bridgehead atoms. The van der Waals surface area contributed by atoms with Gasteiger partial charge in [-0.2, -0.15) is 0 Å². The lowest BCUT2D eigenvalue weighted by molar-refractivity contribution is -0.127. The van der Waals surface area contributed by atoms with Gasteiger partial charge < -0.3 is 4.90 Å². The minimum Gasteiger partial charge on any atom is -0.342 e. The fraction of sp³-hybridized carbons (Fsp3) is 0.462. The number of halogens is 1. The first kappa shape index (κ1) is 16.6. The van der Waals surface area contributed by atoms with E-state index in [1.807, 2.05) is 12.1 Å². The van der Waals surface area contributed by atoms with Crippen molar-refractivity contribution in [2.45, 2.75) is 11.3 Å². The van der Waals surface area contributed by atoms with Gasteiger partial charge >= 0.3 is 0 Å². The highest BCUT2D eigenvalue weighted by atomic mass is 35.5. The number of hydrogen-bond acceptors (Lipinski definition) is 4. The van der Waals surface area contributed by atoms with Crippen molar-refractivity contribution in [3.63, 3.8) is 0 Å². The number of likely N-dealkylation sites (tertiary alicyclic amines) is 1. The van der Waals surface area contributed by atoms with Crippen LogP contribution in [0.1, 0.15) is 6.42 Å². The summed E-state index contributed by atoms with van der Waals surface area (Å²) < 4.78 is 22.1. The maximum atomic E-state index is 12.1. The summed E-state index contributed by atoms with van der Waals surface area (Å²) >= 11 is 7.25. The van der Waals surface area contributed by atoms with Crippen molar-refractivity contribution < 1.29 is 13.2 Å². The maximum absolute atomic E-state index is 12.1. The predicted octanol–water partition coefficient (Wildman–Crippen LogP) is 1.57. The molecular formula is C13H17ClN2O3S2. The summed E-state index contributed by atoms with van der Waals surface area (Å²) in [5.41, 5.74) is 0. The quantitative estimate of drug-likeness (QED) is 0.819. The van der Waals surface area contributed by atoms with Gasteiger partial charge in [0.05, 0.1) is 11.5 Å². The van der Waals surface area contributed by atoms with E-state index in [1.54, 1.807) is 17.0 Å². The van der Waals surface area contributed by atoms with Crippen LogP contribution in [-0.2, 0) is 14.8 Å². The minimum absolute atomic E-state index is 0.0202. The molecule has 1 heterocycles. The zero-order valence-corrected chi connectivity index (χ0v) is 13.8. The normalized spacial score (nSPS) is 19.0. The molecule has 0 unspecified atom stereocenters. The number of rotatable bonds is 5. The Morgan fingerprint density at radius 2 is 2.05 bits per heavy atom. The number of sulfonamides is 1. The molecule has 1 saturated heterocycles. The van der Waals surface area contributed by atoms with Crippen LogP contribution in [0, 0.1) is 5.92 Å². The van der Waals surface area contributed by atoms with Gasteiger partial charge in [0.2, 0.25) is 15.9 Å². The molecule has 1 aliphatic rings. The van der Waals surface area contributed by atoms with Crippen LogP contribution >= 0.6 is 23.4 Å². The summed E-state index contributed by atoms with van der Waals surface area (Å²) in [6.07, 6.45) is 0.688. The van der Waals surface area contributed by atoms with Crippen molar-refractivity contribution in [3.05, 3.63) is 29.3 Å². The van der Waals surface area contributed by atoms with E-state index in [0.29, 0.717) is 30.3 Å². The van der Waals surface area contributed by atoms with Crippen LogP contribution in [0.15, 0.2) is 29.2 Å². The van der Waals surface area contributed by atoms with Crippen molar-refractivity contribution in [1.29, 1.82) is 0 Å². The first-order valence-electron chi connectivity index (χ1n) is 6.50. The van der Waals surface area contributed by atoms with Crippen LogP contribution < -0.4 is 5.14 Å². The van der Waals surface area contributed by atoms with Gasteiger partial charge in [0, 0.05) is 23.0 Å². The van der Waals surface area contributed by atoms with Crippen molar-refractivity contribution in [2.75, 3.05) is 24.6 Å². The van der Waals surface area contributed by atoms with Crippen molar-refractivity contribution in [3.8, 4) is 0 Å². The first-order valence-corrected chi connectivity index (χ1v) is 9.58. The Bertz CT molecular complexity index is 604. The zero-order chi connectivity index (χ0) is 15.5. The van der Waals surface area contributed by atoms with E-state index in [1.165, 1.54) is 11.8 Å². The molecule has 0 saturated carbocycles. The lowest BCUT2D eigenvalue weighted by Gasteiger charge is -2.16. The SMILES string of the molecule is NS(=O)(=O)C[C@H]1CCN(C(=O)CSc2ccc(Cl)cc2)C1. The highest BCUT2D eigenvalue weighted by Crippen LogP contribution is 2.23. The molecule has 0 spiro atoms. The average Bonchev–Trinajstić information content (AvgIpc) is 2.84. The van der Waals surface area contributed by atoms with Crippen molar-refractivity contribution in [1.82, 2.24) is 4.90 Å². The van der Waals surface area contributed by atoms with Gasteiger partial charge in [-0.15, -0.1) is 11.8 Å². The third kappa shape index (κ3) is 5.50. The highest BCUT2D eigenvalue weighted by Gasteiger charge is 2.28. The first-order chi connectivity index (χ1) is 9.83. The van der Waals surface area contributed by atoms with Crippen LogP contribution in [0.2, 0.25) is 5.02 Å². The van der Waals surface area contributed by atoms with Gasteiger partial charge in [0.15, 0.2) is 0 Å². The van der Waals surface area contributed by atoms with E-state index in [2.05, 4.69) is 0 Å². The summed E-state index contributed by atoms with van der Waals surface area (Å²) in [5.74, 6) is 0.251. The second-order valence-electron chi connectivity index (χ2n) is 5.07. The average molecular weight is 349 g/mol. The number of benzene rings is 1. The number of nitrogens with two attached hydrogens (primary N) is 1. The van der Waals surface area contributed by atoms with Gasteiger partial charge in [0.25, 0.3) is 0 Å². The van der Waals surface area contributed by atoms with Crippen LogP contribution in [0.5, 0.6) is 0 Å². The van der Waals surface area contributed by atoms with E-state index < -0.39 is 10.0 Å². The third-order valence-electron chi connectivity index (χ3n) is 3.28. The smallest absolute Gasteiger partial charge is 0.232 e. The fourth-order valence-electron chi connectivity index (χ4n) is 2.29. The molecule has 1 atom stereocenters. The molecule has 1 aromatic rings. The van der Waals surface area contributed by atoms with Crippen LogP contribution in [0.25, 0.3) is 0 Å². The van der Waals surface area contributed by atoms with Crippen LogP contribution in [0.4, 0.5) is 0 Å². The van der Waals surface area contributed by atoms with Crippen molar-refractivity contribution in [2.24, 2.45) is 11.1 Å². The minimum atomic E-state index is -3.47. The molecule has 5 nitrogen and oxygen atoms in total. The number of thioether (sulfide) groups is 1. The highest BCUT2D eigenvalue weighted by molar-refractivity contribution is 8.00. The standard InChI is InChI=1S/C13H17ClN2O3S2/c14-11-1-3-12(4-2-11)20-8-13(17)16-6-5-10(7-16)9-21(15,18)19/h1-4,10H,5-9H2,(H2,15,18,19)/t10-/m0/s1. The lowest BCUT2D eigenvalue weighted by Crippen LogP contribution is -2.31. The second kappa shape index (κ2) is 7.00. The number of carbonyl (C=O) groups is 1. The van der Waals surface area contributed by atoms with E-state index in [-0.39, 0.29) is 17.6 Å². The molecule has 2 N–H and O–H groups in total. The maximum Gasteiger partial charge on any atom is 0.232 e. The summed E-state index contributed by atoms with van der Waals surface area (Å²) in [6.45, 7) is 1.07. The number of nitrogens with zero attached hydrogens (tertiary/aromatic N) is 1. The summed E-state index contributed by atoms with van der Waals surface area (Å²) in [4.78, 5) is 14.8. The van der Waals surface area contributed by atoms with Crippen molar-refractivity contribution >= 4 is 39.3 Å². The zero-order valence-electron chi connectivity index (χ0n) is 11.4. The molecular weight excluding hydrogens is 332 g/mol. The number of amides is 1. The molecule has 0 aromatic heterocycles. The summed E-state index contributed by atoms with van der Waals surface area (Å²) in [6, 6.07) is 7.31. The molecule has 2 rings (SSSR count). The molecule has 0 radical (unpaired) electrons. The Hall–Kier alpha value is -0.760. The monoisotopic (exact) mass is 348 g/mol. The number of carbonyl (C=O) groups excluding carboxylic acids is 1. The summed E-state index contributed by atoms with van der Waals surface area (Å²) in [7, 11) is -3.47. The van der Waals surface area contributed by atoms with Gasteiger partial charge in [-0.3, -0.25) is 4.79 Å². The molecule has 1 amide bonds. The van der Waals surface area contributed by atoms with Gasteiger partial charge in [-0.25, -0.2) is 13.6 Å². The number of primary sulfonamides is 1. The molecule has 116 valence electrons. The second-order valence-corrected chi connectivity index (χ2v) is 8.21. The Kier molecular flexibility index (Phi) is 5.54. The van der Waals surface area contributed by atoms with Gasteiger partial charge in [-0.05, 0) is 36.6 Å². The summed E-state index contributed by atoms with van der Waals surface area (Å²) in [5, 5.41) is 5.70. The number of hydrogen-bond donors (Lipinski definition) is 1. The molecule has 0 aliphatic carbocycles.